The third-order valence-corrected chi connectivity index (χ3v) is 5.77. The molecule has 0 fully saturated rings. The van der Waals surface area contributed by atoms with Gasteiger partial charge in [-0.3, -0.25) is 4.79 Å². The van der Waals surface area contributed by atoms with Crippen molar-refractivity contribution in [2.45, 2.75) is 6.92 Å². The number of anilines is 2. The zero-order chi connectivity index (χ0) is 20.5. The summed E-state index contributed by atoms with van der Waals surface area (Å²) in [6.45, 7) is 1.91. The van der Waals surface area contributed by atoms with Crippen LogP contribution in [0, 0.1) is 6.92 Å². The number of methoxy groups -OCH3 is 1. The number of ether oxygens (including phenoxy) is 1. The first-order valence-corrected chi connectivity index (χ1v) is 10.0. The van der Waals surface area contributed by atoms with E-state index >= 15 is 0 Å². The molecule has 7 nitrogen and oxygen atoms in total. The number of benzene rings is 1. The van der Waals surface area contributed by atoms with Crippen LogP contribution in [0.2, 0.25) is 5.02 Å². The van der Waals surface area contributed by atoms with E-state index in [0.29, 0.717) is 21.3 Å². The summed E-state index contributed by atoms with van der Waals surface area (Å²) in [5.41, 5.74) is 3.86. The van der Waals surface area contributed by atoms with Gasteiger partial charge in [0, 0.05) is 17.8 Å². The highest BCUT2D eigenvalue weighted by atomic mass is 35.5. The van der Waals surface area contributed by atoms with Gasteiger partial charge in [0.2, 0.25) is 0 Å². The Morgan fingerprint density at radius 3 is 2.86 bits per heavy atom. The molecule has 0 spiro atoms. The molecule has 0 aliphatic heterocycles. The number of aromatic nitrogens is 3. The second-order valence-electron chi connectivity index (χ2n) is 6.29. The smallest absolute Gasteiger partial charge is 0.261 e. The molecule has 3 heterocycles. The molecule has 148 valence electrons. The number of carbonyl (C=O) groups excluding carboxylic acids is 1. The summed E-state index contributed by atoms with van der Waals surface area (Å²) in [4.78, 5) is 17.2. The predicted molar refractivity (Wildman–Crippen MR) is 116 cm³/mol. The summed E-state index contributed by atoms with van der Waals surface area (Å²) in [5, 5.41) is 13.7. The van der Waals surface area contributed by atoms with Crippen molar-refractivity contribution in [1.82, 2.24) is 20.1 Å². The Morgan fingerprint density at radius 2 is 2.10 bits per heavy atom. The van der Waals surface area contributed by atoms with Crippen LogP contribution in [0.3, 0.4) is 0 Å². The fraction of sp³-hybridized carbons (Fsp3) is 0.150. The number of rotatable bonds is 5. The van der Waals surface area contributed by atoms with Crippen LogP contribution in [0.25, 0.3) is 16.7 Å². The molecule has 4 aromatic rings. The standard InChI is InChI=1S/C20H18ClN5O2S/c1-11-15(25-14-5-4-6-16(28-3)18(14)21)7-12-9-23-26(19(12)24-11)13-8-17(29-10-13)20(27)22-2/h4-10,25H,1-3H3,(H,22,27). The van der Waals surface area contributed by atoms with E-state index in [-0.39, 0.29) is 5.91 Å². The molecule has 4 rings (SSSR count). The normalized spacial score (nSPS) is 10.9. The summed E-state index contributed by atoms with van der Waals surface area (Å²) in [6.07, 6.45) is 1.75. The number of aryl methyl sites for hydroxylation is 1. The highest BCUT2D eigenvalue weighted by Gasteiger charge is 2.15. The number of carbonyl (C=O) groups is 1. The number of thiophene rings is 1. The van der Waals surface area contributed by atoms with E-state index in [1.807, 2.05) is 30.5 Å². The quantitative estimate of drug-likeness (QED) is 0.488. The minimum absolute atomic E-state index is 0.122. The maximum Gasteiger partial charge on any atom is 0.261 e. The second kappa shape index (κ2) is 7.73. The van der Waals surface area contributed by atoms with Gasteiger partial charge in [-0.1, -0.05) is 17.7 Å². The van der Waals surface area contributed by atoms with E-state index in [0.717, 1.165) is 28.1 Å². The Balaban J connectivity index is 1.71. The van der Waals surface area contributed by atoms with Crippen molar-refractivity contribution in [2.75, 3.05) is 19.5 Å². The molecule has 29 heavy (non-hydrogen) atoms. The van der Waals surface area contributed by atoms with Gasteiger partial charge in [0.1, 0.15) is 10.8 Å². The first kappa shape index (κ1) is 19.2. The molecule has 0 unspecified atom stereocenters. The molecule has 0 aliphatic rings. The lowest BCUT2D eigenvalue weighted by Crippen LogP contribution is -2.16. The number of pyridine rings is 1. The molecule has 1 aromatic carbocycles. The van der Waals surface area contributed by atoms with E-state index in [2.05, 4.69) is 15.7 Å². The number of fused-ring (bicyclic) bond motifs is 1. The van der Waals surface area contributed by atoms with E-state index in [1.165, 1.54) is 11.3 Å². The van der Waals surface area contributed by atoms with Gasteiger partial charge in [0.25, 0.3) is 5.91 Å². The first-order valence-electron chi connectivity index (χ1n) is 8.77. The summed E-state index contributed by atoms with van der Waals surface area (Å²) >= 11 is 7.76. The van der Waals surface area contributed by atoms with Crippen LogP contribution < -0.4 is 15.4 Å². The van der Waals surface area contributed by atoms with E-state index in [9.17, 15) is 4.79 Å². The molecule has 0 saturated heterocycles. The molecule has 1 amide bonds. The van der Waals surface area contributed by atoms with Gasteiger partial charge in [-0.2, -0.15) is 5.10 Å². The summed E-state index contributed by atoms with van der Waals surface area (Å²) in [6, 6.07) is 9.33. The third kappa shape index (κ3) is 3.52. The average Bonchev–Trinajstić information content (AvgIpc) is 3.36. The van der Waals surface area contributed by atoms with Gasteiger partial charge in [0.15, 0.2) is 5.65 Å². The monoisotopic (exact) mass is 427 g/mol. The topological polar surface area (TPSA) is 81.1 Å². The lowest BCUT2D eigenvalue weighted by atomic mass is 10.2. The Morgan fingerprint density at radius 1 is 1.28 bits per heavy atom. The Kier molecular flexibility index (Phi) is 5.12. The van der Waals surface area contributed by atoms with E-state index < -0.39 is 0 Å². The van der Waals surface area contributed by atoms with E-state index in [4.69, 9.17) is 21.3 Å². The minimum Gasteiger partial charge on any atom is -0.495 e. The summed E-state index contributed by atoms with van der Waals surface area (Å²) in [7, 11) is 3.19. The number of nitrogens with zero attached hydrogens (tertiary/aromatic N) is 3. The molecule has 0 bridgehead atoms. The number of nitrogens with one attached hydrogen (secondary N) is 2. The number of amides is 1. The van der Waals surface area contributed by atoms with Crippen molar-refractivity contribution in [1.29, 1.82) is 0 Å². The fourth-order valence-electron chi connectivity index (χ4n) is 2.95. The molecule has 0 radical (unpaired) electrons. The van der Waals surface area contributed by atoms with Crippen LogP contribution in [-0.2, 0) is 0 Å². The zero-order valence-electron chi connectivity index (χ0n) is 16.0. The minimum atomic E-state index is -0.122. The SMILES string of the molecule is CNC(=O)c1cc(-n2ncc3cc(Nc4cccc(OC)c4Cl)c(C)nc32)cs1. The summed E-state index contributed by atoms with van der Waals surface area (Å²) in [5.74, 6) is 0.476. The number of hydrogen-bond acceptors (Lipinski definition) is 6. The molecular weight excluding hydrogens is 410 g/mol. The van der Waals surface area contributed by atoms with Crippen LogP contribution in [0.15, 0.2) is 41.9 Å². The third-order valence-electron chi connectivity index (χ3n) is 4.47. The van der Waals surface area contributed by atoms with Gasteiger partial charge in [-0.05, 0) is 31.2 Å². The Hall–Kier alpha value is -3.10. The molecule has 0 aliphatic carbocycles. The second-order valence-corrected chi connectivity index (χ2v) is 7.57. The van der Waals surface area contributed by atoms with Crippen molar-refractivity contribution in [3.63, 3.8) is 0 Å². The van der Waals surface area contributed by atoms with Gasteiger partial charge in [-0.15, -0.1) is 11.3 Å². The molecule has 3 aromatic heterocycles. The van der Waals surface area contributed by atoms with Gasteiger partial charge in [0.05, 0.1) is 40.9 Å². The van der Waals surface area contributed by atoms with Crippen molar-refractivity contribution >= 4 is 51.3 Å². The lowest BCUT2D eigenvalue weighted by Gasteiger charge is -2.13. The maximum absolute atomic E-state index is 11.8. The van der Waals surface area contributed by atoms with Crippen LogP contribution >= 0.6 is 22.9 Å². The Labute approximate surface area is 176 Å². The summed E-state index contributed by atoms with van der Waals surface area (Å²) < 4.78 is 7.00. The van der Waals surface area contributed by atoms with Gasteiger partial charge >= 0.3 is 0 Å². The zero-order valence-corrected chi connectivity index (χ0v) is 17.6. The fourth-order valence-corrected chi connectivity index (χ4v) is 4.02. The number of hydrogen-bond donors (Lipinski definition) is 2. The van der Waals surface area contributed by atoms with Gasteiger partial charge in [-0.25, -0.2) is 9.67 Å². The van der Waals surface area contributed by atoms with Crippen molar-refractivity contribution in [3.8, 4) is 11.4 Å². The lowest BCUT2D eigenvalue weighted by molar-refractivity contribution is 0.0967. The Bertz CT molecular complexity index is 1220. The average molecular weight is 428 g/mol. The highest BCUT2D eigenvalue weighted by Crippen LogP contribution is 2.35. The van der Waals surface area contributed by atoms with Crippen molar-refractivity contribution in [2.24, 2.45) is 0 Å². The van der Waals surface area contributed by atoms with Crippen LogP contribution in [0.4, 0.5) is 11.4 Å². The van der Waals surface area contributed by atoms with Crippen LogP contribution in [0.1, 0.15) is 15.4 Å². The molecular formula is C20H18ClN5O2S. The van der Waals surface area contributed by atoms with Gasteiger partial charge < -0.3 is 15.4 Å². The molecule has 2 N–H and O–H groups in total. The maximum atomic E-state index is 11.8. The highest BCUT2D eigenvalue weighted by molar-refractivity contribution is 7.12. The van der Waals surface area contributed by atoms with Crippen molar-refractivity contribution < 1.29 is 9.53 Å². The predicted octanol–water partition coefficient (Wildman–Crippen LogP) is 4.56. The first-order chi connectivity index (χ1) is 14.0. The van der Waals surface area contributed by atoms with Crippen LogP contribution in [-0.4, -0.2) is 34.8 Å². The number of halogens is 1. The van der Waals surface area contributed by atoms with Crippen LogP contribution in [0.5, 0.6) is 5.75 Å². The molecule has 9 heteroatoms. The van der Waals surface area contributed by atoms with Crippen molar-refractivity contribution in [3.05, 3.63) is 57.5 Å². The molecule has 0 saturated carbocycles. The van der Waals surface area contributed by atoms with E-state index in [1.54, 1.807) is 37.2 Å². The molecule has 0 atom stereocenters. The largest absolute Gasteiger partial charge is 0.495 e.